The first-order valence-corrected chi connectivity index (χ1v) is 18.5. The summed E-state index contributed by atoms with van der Waals surface area (Å²) in [5, 5.41) is 4.16. The molecule has 5 aromatic carbocycles. The standard InChI is InChI=1S/C47H39N/c1-2-11-31(12-3-1)32-13-8-14-33(26-32)48-40-21-7-5-16-37(40)45-35(18-10-22-41(45)48)34-17-9-20-39-44(34)36-15-4-6-19-38(36)47(39)42-24-29-23-30-25-43(47)46(42,27-29)28-30/h1-4,6,8-22,26,29-30,42-43H,5,7,23-25,27-28H2. The number of aromatic nitrogens is 1. The van der Waals surface area contributed by atoms with E-state index in [0.717, 1.165) is 36.5 Å². The van der Waals surface area contributed by atoms with Crippen molar-refractivity contribution >= 4 is 23.1 Å². The Labute approximate surface area is 282 Å². The summed E-state index contributed by atoms with van der Waals surface area (Å²) in [7, 11) is 0. The Balaban J connectivity index is 1.11. The number of rotatable bonds is 3. The molecule has 6 aliphatic carbocycles. The minimum Gasteiger partial charge on any atom is -0.310 e. The van der Waals surface area contributed by atoms with Crippen LogP contribution in [0.1, 0.15) is 56.1 Å². The second-order valence-corrected chi connectivity index (χ2v) is 16.1. The van der Waals surface area contributed by atoms with Crippen LogP contribution in [0.15, 0.2) is 115 Å². The maximum Gasteiger partial charge on any atom is 0.0547 e. The van der Waals surface area contributed by atoms with Crippen LogP contribution in [-0.2, 0) is 5.41 Å². The molecule has 0 amide bonds. The second-order valence-electron chi connectivity index (χ2n) is 16.1. The van der Waals surface area contributed by atoms with E-state index in [1.807, 2.05) is 0 Å². The fraction of sp³-hybridized carbons (Fsp3) is 0.277. The summed E-state index contributed by atoms with van der Waals surface area (Å²) in [6.07, 6.45) is 14.6. The molecule has 1 nitrogen and oxygen atoms in total. The first kappa shape index (κ1) is 26.3. The third-order valence-corrected chi connectivity index (χ3v) is 14.2. The number of nitrogens with zero attached hydrogens (tertiary/aromatic N) is 1. The highest BCUT2D eigenvalue weighted by atomic mass is 15.0. The molecule has 4 fully saturated rings. The van der Waals surface area contributed by atoms with Crippen LogP contribution in [0.25, 0.3) is 62.1 Å². The van der Waals surface area contributed by atoms with Crippen LogP contribution in [-0.4, -0.2) is 4.57 Å². The van der Waals surface area contributed by atoms with Gasteiger partial charge in [0.2, 0.25) is 0 Å². The lowest BCUT2D eigenvalue weighted by Gasteiger charge is -2.64. The molecule has 4 atom stereocenters. The molecule has 1 aromatic heterocycles. The van der Waals surface area contributed by atoms with Gasteiger partial charge in [-0.25, -0.2) is 0 Å². The van der Waals surface area contributed by atoms with Gasteiger partial charge in [0.1, 0.15) is 0 Å². The summed E-state index contributed by atoms with van der Waals surface area (Å²) in [5.41, 5.74) is 15.1. The van der Waals surface area contributed by atoms with Gasteiger partial charge in [-0.15, -0.1) is 0 Å². The predicted molar refractivity (Wildman–Crippen MR) is 197 cm³/mol. The van der Waals surface area contributed by atoms with Gasteiger partial charge < -0.3 is 4.57 Å². The average molecular weight is 618 g/mol. The highest BCUT2D eigenvalue weighted by molar-refractivity contribution is 6.03. The van der Waals surface area contributed by atoms with Gasteiger partial charge in [-0.2, -0.15) is 0 Å². The van der Waals surface area contributed by atoms with E-state index in [4.69, 9.17) is 0 Å². The van der Waals surface area contributed by atoms with Crippen molar-refractivity contribution in [2.24, 2.45) is 29.1 Å². The summed E-state index contributed by atoms with van der Waals surface area (Å²) >= 11 is 0. The Bertz CT molecular complexity index is 2450. The normalized spacial score (nSPS) is 29.6. The van der Waals surface area contributed by atoms with Crippen molar-refractivity contribution in [2.75, 3.05) is 0 Å². The molecular weight excluding hydrogens is 579 g/mol. The highest BCUT2D eigenvalue weighted by Gasteiger charge is 2.79. The number of fused-ring (bicyclic) bond motifs is 12. The first-order valence-electron chi connectivity index (χ1n) is 18.5. The molecule has 0 N–H and O–H groups in total. The molecule has 12 rings (SSSR count). The van der Waals surface area contributed by atoms with Gasteiger partial charge >= 0.3 is 0 Å². The van der Waals surface area contributed by atoms with E-state index in [9.17, 15) is 0 Å². The molecule has 1 heteroatoms. The monoisotopic (exact) mass is 617 g/mol. The average Bonchev–Trinajstić information content (AvgIpc) is 3.80. The Morgan fingerprint density at radius 3 is 2.12 bits per heavy atom. The van der Waals surface area contributed by atoms with Crippen molar-refractivity contribution in [1.29, 1.82) is 0 Å². The molecule has 0 radical (unpaired) electrons. The zero-order valence-corrected chi connectivity index (χ0v) is 27.3. The summed E-state index contributed by atoms with van der Waals surface area (Å²) < 4.78 is 2.54. The third-order valence-electron chi connectivity index (χ3n) is 14.2. The Morgan fingerprint density at radius 2 is 1.25 bits per heavy atom. The van der Waals surface area contributed by atoms with Crippen molar-refractivity contribution in [1.82, 2.24) is 4.57 Å². The highest BCUT2D eigenvalue weighted by Crippen LogP contribution is 2.85. The molecule has 48 heavy (non-hydrogen) atoms. The van der Waals surface area contributed by atoms with Crippen molar-refractivity contribution < 1.29 is 0 Å². The summed E-state index contributed by atoms with van der Waals surface area (Å²) in [5.74, 6) is 3.55. The van der Waals surface area contributed by atoms with E-state index in [0.29, 0.717) is 5.41 Å². The van der Waals surface area contributed by atoms with E-state index in [1.54, 1.807) is 11.1 Å². The lowest BCUT2D eigenvalue weighted by Crippen LogP contribution is -2.62. The SMILES string of the molecule is C1=c2c(n(-c3cccc(-c4ccccc4)c3)c3cccc(-c4cccc5c4-c4ccccc4C54C5CC6CC7CC4C5(C6)C7)c23)=CCC1. The maximum atomic E-state index is 2.56. The van der Waals surface area contributed by atoms with Gasteiger partial charge in [-0.1, -0.05) is 109 Å². The van der Waals surface area contributed by atoms with E-state index in [1.165, 1.54) is 92.6 Å². The summed E-state index contributed by atoms with van der Waals surface area (Å²) in [6.45, 7) is 0. The van der Waals surface area contributed by atoms with Gasteiger partial charge in [0.05, 0.1) is 5.52 Å². The smallest absolute Gasteiger partial charge is 0.0547 e. The number of hydrogen-bond donors (Lipinski definition) is 0. The predicted octanol–water partition coefficient (Wildman–Crippen LogP) is 10.0. The van der Waals surface area contributed by atoms with Crippen molar-refractivity contribution in [2.45, 2.75) is 50.4 Å². The van der Waals surface area contributed by atoms with Crippen molar-refractivity contribution in [3.05, 3.63) is 137 Å². The fourth-order valence-corrected chi connectivity index (χ4v) is 13.1. The van der Waals surface area contributed by atoms with Gasteiger partial charge in [-0.3, -0.25) is 0 Å². The molecule has 6 aliphatic rings. The number of benzene rings is 5. The van der Waals surface area contributed by atoms with Crippen LogP contribution in [0.3, 0.4) is 0 Å². The quantitative estimate of drug-likeness (QED) is 0.186. The van der Waals surface area contributed by atoms with Crippen molar-refractivity contribution in [3.8, 4) is 39.1 Å². The molecule has 1 heterocycles. The minimum absolute atomic E-state index is 0.211. The van der Waals surface area contributed by atoms with Crippen LogP contribution < -0.4 is 10.6 Å². The van der Waals surface area contributed by atoms with Crippen LogP contribution in [0, 0.1) is 29.1 Å². The molecular formula is C47H39N. The molecule has 3 bridgehead atoms. The third kappa shape index (κ3) is 3.02. The molecule has 4 unspecified atom stereocenters. The van der Waals surface area contributed by atoms with Gasteiger partial charge in [0.15, 0.2) is 0 Å². The van der Waals surface area contributed by atoms with E-state index < -0.39 is 0 Å². The zero-order valence-electron chi connectivity index (χ0n) is 27.3. The summed E-state index contributed by atoms with van der Waals surface area (Å²) in [6, 6.07) is 44.1. The van der Waals surface area contributed by atoms with Gasteiger partial charge in [-0.05, 0) is 137 Å². The number of hydrogen-bond acceptors (Lipinski definition) is 0. The lowest BCUT2D eigenvalue weighted by atomic mass is 9.38. The van der Waals surface area contributed by atoms with E-state index >= 15 is 0 Å². The Kier molecular flexibility index (Phi) is 4.99. The van der Waals surface area contributed by atoms with E-state index in [2.05, 4.69) is 132 Å². The molecule has 232 valence electrons. The molecule has 4 saturated carbocycles. The topological polar surface area (TPSA) is 4.93 Å². The Morgan fingerprint density at radius 1 is 0.562 bits per heavy atom. The van der Waals surface area contributed by atoms with Crippen LogP contribution in [0.4, 0.5) is 0 Å². The maximum absolute atomic E-state index is 2.56. The lowest BCUT2D eigenvalue weighted by molar-refractivity contribution is -0.0820. The molecule has 6 aromatic rings. The van der Waals surface area contributed by atoms with Crippen LogP contribution in [0.5, 0.6) is 0 Å². The van der Waals surface area contributed by atoms with Crippen LogP contribution in [0.2, 0.25) is 0 Å². The fourth-order valence-electron chi connectivity index (χ4n) is 13.1. The minimum atomic E-state index is 0.211. The Hall–Kier alpha value is -4.62. The van der Waals surface area contributed by atoms with Gasteiger partial charge in [0.25, 0.3) is 0 Å². The zero-order chi connectivity index (χ0) is 31.2. The molecule has 2 spiro atoms. The summed E-state index contributed by atoms with van der Waals surface area (Å²) in [4.78, 5) is 0. The largest absolute Gasteiger partial charge is 0.310 e. The molecule has 0 saturated heterocycles. The molecule has 0 aliphatic heterocycles. The second kappa shape index (κ2) is 9.08. The van der Waals surface area contributed by atoms with Gasteiger partial charge in [0, 0.05) is 27.1 Å². The first-order chi connectivity index (χ1) is 23.8. The van der Waals surface area contributed by atoms with Crippen LogP contribution >= 0.6 is 0 Å². The van der Waals surface area contributed by atoms with E-state index in [-0.39, 0.29) is 5.41 Å². The van der Waals surface area contributed by atoms with Crippen molar-refractivity contribution in [3.63, 3.8) is 0 Å².